The minimum absolute atomic E-state index is 0.149. The van der Waals surface area contributed by atoms with Crippen LogP contribution in [0.5, 0.6) is 0 Å². The van der Waals surface area contributed by atoms with Crippen LogP contribution in [0.2, 0.25) is 5.02 Å². The van der Waals surface area contributed by atoms with Gasteiger partial charge in [-0.25, -0.2) is 4.39 Å². The van der Waals surface area contributed by atoms with Crippen LogP contribution in [0.4, 0.5) is 10.1 Å². The minimum Gasteiger partial charge on any atom is -0.350 e. The number of rotatable bonds is 6. The molecule has 0 aliphatic carbocycles. The lowest BCUT2D eigenvalue weighted by Gasteiger charge is -2.23. The van der Waals surface area contributed by atoms with Crippen molar-refractivity contribution in [2.75, 3.05) is 11.4 Å². The topological polar surface area (TPSA) is 75.2 Å². The van der Waals surface area contributed by atoms with Gasteiger partial charge in [-0.2, -0.15) is 0 Å². The second kappa shape index (κ2) is 8.90. The molecule has 1 heterocycles. The van der Waals surface area contributed by atoms with Crippen molar-refractivity contribution in [1.29, 1.82) is 0 Å². The number of halogens is 2. The third-order valence-electron chi connectivity index (χ3n) is 3.99. The Morgan fingerprint density at radius 2 is 1.96 bits per heavy atom. The lowest BCUT2D eigenvalue weighted by molar-refractivity contribution is -0.119. The van der Waals surface area contributed by atoms with E-state index in [1.165, 1.54) is 22.4 Å². The quantitative estimate of drug-likeness (QED) is 0.663. The summed E-state index contributed by atoms with van der Waals surface area (Å²) in [4.78, 5) is 26.7. The first kappa shape index (κ1) is 19.9. The zero-order chi connectivity index (χ0) is 20.1. The maximum atomic E-state index is 13.0. The standard InChI is InChI=1S/C19H16ClFN4O2S/c1-12-2-5-14(20)8-17(12)25(19(27)16-11-28-24-23-16)10-18(26)22-9-13-3-6-15(21)7-4-13/h2-8,11H,9-10H2,1H3,(H,22,26). The summed E-state index contributed by atoms with van der Waals surface area (Å²) >= 11 is 7.14. The van der Waals surface area contributed by atoms with E-state index in [-0.39, 0.29) is 30.5 Å². The van der Waals surface area contributed by atoms with Gasteiger partial charge in [0.1, 0.15) is 12.4 Å². The largest absolute Gasteiger partial charge is 0.350 e. The highest BCUT2D eigenvalue weighted by molar-refractivity contribution is 7.03. The average Bonchev–Trinajstić information content (AvgIpc) is 3.22. The lowest BCUT2D eigenvalue weighted by Crippen LogP contribution is -2.41. The van der Waals surface area contributed by atoms with Crippen LogP contribution in [0.15, 0.2) is 47.8 Å². The number of amides is 2. The number of nitrogens with zero attached hydrogens (tertiary/aromatic N) is 3. The van der Waals surface area contributed by atoms with Gasteiger partial charge in [0.25, 0.3) is 5.91 Å². The molecule has 0 saturated heterocycles. The van der Waals surface area contributed by atoms with Gasteiger partial charge in [0, 0.05) is 22.6 Å². The van der Waals surface area contributed by atoms with Gasteiger partial charge in [-0.15, -0.1) is 5.10 Å². The molecular formula is C19H16ClFN4O2S. The molecular weight excluding hydrogens is 403 g/mol. The Morgan fingerprint density at radius 1 is 1.21 bits per heavy atom. The van der Waals surface area contributed by atoms with Gasteiger partial charge in [0.2, 0.25) is 5.91 Å². The van der Waals surface area contributed by atoms with Crippen molar-refractivity contribution in [2.24, 2.45) is 0 Å². The van der Waals surface area contributed by atoms with Crippen LogP contribution in [-0.2, 0) is 11.3 Å². The van der Waals surface area contributed by atoms with Gasteiger partial charge < -0.3 is 5.32 Å². The highest BCUT2D eigenvalue weighted by atomic mass is 35.5. The van der Waals surface area contributed by atoms with Crippen LogP contribution in [0.3, 0.4) is 0 Å². The maximum absolute atomic E-state index is 13.0. The Morgan fingerprint density at radius 3 is 2.64 bits per heavy atom. The smallest absolute Gasteiger partial charge is 0.280 e. The van der Waals surface area contributed by atoms with E-state index < -0.39 is 5.91 Å². The van der Waals surface area contributed by atoms with Gasteiger partial charge in [-0.3, -0.25) is 14.5 Å². The molecule has 0 aliphatic heterocycles. The Bertz CT molecular complexity index is 980. The molecule has 1 aromatic heterocycles. The normalized spacial score (nSPS) is 10.5. The molecule has 2 amide bonds. The number of carbonyl (C=O) groups excluding carboxylic acids is 2. The number of carbonyl (C=O) groups is 2. The van der Waals surface area contributed by atoms with Gasteiger partial charge in [0.05, 0.1) is 0 Å². The van der Waals surface area contributed by atoms with E-state index in [1.807, 2.05) is 6.92 Å². The van der Waals surface area contributed by atoms with E-state index in [2.05, 4.69) is 14.9 Å². The number of hydrogen-bond donors (Lipinski definition) is 1. The van der Waals surface area contributed by atoms with E-state index in [1.54, 1.807) is 30.3 Å². The molecule has 0 radical (unpaired) electrons. The van der Waals surface area contributed by atoms with E-state index in [4.69, 9.17) is 11.6 Å². The van der Waals surface area contributed by atoms with E-state index in [9.17, 15) is 14.0 Å². The number of nitrogens with one attached hydrogen (secondary N) is 1. The zero-order valence-electron chi connectivity index (χ0n) is 14.9. The Kier molecular flexibility index (Phi) is 6.33. The van der Waals surface area contributed by atoms with Crippen molar-refractivity contribution in [3.05, 3.63) is 75.5 Å². The summed E-state index contributed by atoms with van der Waals surface area (Å²) in [7, 11) is 0. The summed E-state index contributed by atoms with van der Waals surface area (Å²) in [5.74, 6) is -1.17. The summed E-state index contributed by atoms with van der Waals surface area (Å²) in [5, 5.41) is 8.50. The third-order valence-corrected chi connectivity index (χ3v) is 4.73. The maximum Gasteiger partial charge on any atom is 0.280 e. The van der Waals surface area contributed by atoms with Crippen molar-refractivity contribution in [2.45, 2.75) is 13.5 Å². The molecule has 9 heteroatoms. The molecule has 144 valence electrons. The average molecular weight is 419 g/mol. The molecule has 0 bridgehead atoms. The first-order valence-corrected chi connectivity index (χ1v) is 9.51. The molecule has 0 unspecified atom stereocenters. The number of aryl methyl sites for hydroxylation is 1. The third kappa shape index (κ3) is 4.90. The minimum atomic E-state index is -0.448. The molecule has 2 aromatic carbocycles. The highest BCUT2D eigenvalue weighted by Crippen LogP contribution is 2.25. The Balaban J connectivity index is 1.78. The molecule has 6 nitrogen and oxygen atoms in total. The van der Waals surface area contributed by atoms with Gasteiger partial charge >= 0.3 is 0 Å². The summed E-state index contributed by atoms with van der Waals surface area (Å²) < 4.78 is 16.7. The summed E-state index contributed by atoms with van der Waals surface area (Å²) in [6, 6.07) is 10.9. The fourth-order valence-corrected chi connectivity index (χ4v) is 3.13. The number of hydrogen-bond acceptors (Lipinski definition) is 5. The predicted molar refractivity (Wildman–Crippen MR) is 106 cm³/mol. The SMILES string of the molecule is Cc1ccc(Cl)cc1N(CC(=O)NCc1ccc(F)cc1)C(=O)c1csnn1. The molecule has 0 atom stereocenters. The molecule has 3 aromatic rings. The Labute approximate surface area is 170 Å². The molecule has 0 aliphatic rings. The number of aromatic nitrogens is 2. The van der Waals surface area contributed by atoms with Gasteiger partial charge in [-0.05, 0) is 53.8 Å². The summed E-state index contributed by atoms with van der Waals surface area (Å²) in [6.07, 6.45) is 0. The van der Waals surface area contributed by atoms with Crippen LogP contribution >= 0.6 is 23.1 Å². The van der Waals surface area contributed by atoms with Crippen LogP contribution in [0.25, 0.3) is 0 Å². The zero-order valence-corrected chi connectivity index (χ0v) is 16.4. The second-order valence-corrected chi connectivity index (χ2v) is 7.06. The predicted octanol–water partition coefficient (Wildman–Crippen LogP) is 3.60. The molecule has 0 spiro atoms. The Hall–Kier alpha value is -2.84. The van der Waals surface area contributed by atoms with E-state index in [0.717, 1.165) is 22.7 Å². The first-order valence-electron chi connectivity index (χ1n) is 8.30. The molecule has 0 fully saturated rings. The number of anilines is 1. The molecule has 3 rings (SSSR count). The van der Waals surface area contributed by atoms with Crippen LogP contribution in [0.1, 0.15) is 21.6 Å². The van der Waals surface area contributed by atoms with E-state index in [0.29, 0.717) is 10.7 Å². The summed E-state index contributed by atoms with van der Waals surface area (Å²) in [5.41, 5.74) is 2.20. The van der Waals surface area contributed by atoms with Crippen molar-refractivity contribution in [3.63, 3.8) is 0 Å². The van der Waals surface area contributed by atoms with Crippen molar-refractivity contribution in [3.8, 4) is 0 Å². The van der Waals surface area contributed by atoms with Crippen LogP contribution < -0.4 is 10.2 Å². The monoisotopic (exact) mass is 418 g/mol. The van der Waals surface area contributed by atoms with Crippen LogP contribution in [0, 0.1) is 12.7 Å². The first-order chi connectivity index (χ1) is 13.4. The second-order valence-electron chi connectivity index (χ2n) is 6.02. The van der Waals surface area contributed by atoms with Crippen molar-refractivity contribution in [1.82, 2.24) is 14.9 Å². The molecule has 1 N–H and O–H groups in total. The van der Waals surface area contributed by atoms with Crippen LogP contribution in [-0.4, -0.2) is 27.9 Å². The number of benzene rings is 2. The fraction of sp³-hybridized carbons (Fsp3) is 0.158. The molecule has 28 heavy (non-hydrogen) atoms. The van der Waals surface area contributed by atoms with Gasteiger partial charge in [0.15, 0.2) is 5.69 Å². The molecule has 0 saturated carbocycles. The van der Waals surface area contributed by atoms with E-state index >= 15 is 0 Å². The van der Waals surface area contributed by atoms with Gasteiger partial charge in [-0.1, -0.05) is 34.3 Å². The highest BCUT2D eigenvalue weighted by Gasteiger charge is 2.24. The van der Waals surface area contributed by atoms with Crippen molar-refractivity contribution < 1.29 is 14.0 Å². The summed E-state index contributed by atoms with van der Waals surface area (Å²) in [6.45, 7) is 1.81. The fourth-order valence-electron chi connectivity index (χ4n) is 2.54. The van der Waals surface area contributed by atoms with Crippen molar-refractivity contribution >= 4 is 40.6 Å². The lowest BCUT2D eigenvalue weighted by atomic mass is 10.1.